The van der Waals surface area contributed by atoms with Crippen molar-refractivity contribution in [2.45, 2.75) is 20.8 Å². The van der Waals surface area contributed by atoms with Crippen LogP contribution in [0.1, 0.15) is 20.8 Å². The lowest BCUT2D eigenvalue weighted by molar-refractivity contribution is 0.0341. The molecular weight excluding hydrogens is 134 g/mol. The van der Waals surface area contributed by atoms with Crippen molar-refractivity contribution < 1.29 is 0 Å². The van der Waals surface area contributed by atoms with Gasteiger partial charge in [0.15, 0.2) is 0 Å². The Morgan fingerprint density at radius 2 is 2.00 bits per heavy atom. The van der Waals surface area contributed by atoms with Crippen molar-refractivity contribution >= 4 is 0 Å². The minimum Gasteiger partial charge on any atom is -0.299 e. The van der Waals surface area contributed by atoms with Crippen molar-refractivity contribution in [1.82, 2.24) is 4.90 Å². The molecule has 1 fully saturated rings. The molecule has 0 atom stereocenters. The summed E-state index contributed by atoms with van der Waals surface area (Å²) in [5.41, 5.74) is 0.498. The Morgan fingerprint density at radius 3 is 2.36 bits per heavy atom. The zero-order valence-corrected chi connectivity index (χ0v) is 7.93. The van der Waals surface area contributed by atoms with Gasteiger partial charge in [-0.15, -0.1) is 6.58 Å². The summed E-state index contributed by atoms with van der Waals surface area (Å²) in [5.74, 6) is 0.891. The van der Waals surface area contributed by atoms with Gasteiger partial charge in [0.25, 0.3) is 0 Å². The first kappa shape index (κ1) is 8.79. The van der Waals surface area contributed by atoms with Crippen molar-refractivity contribution in [3.05, 3.63) is 12.7 Å². The van der Waals surface area contributed by atoms with Gasteiger partial charge in [0, 0.05) is 19.6 Å². The van der Waals surface area contributed by atoms with E-state index in [4.69, 9.17) is 0 Å². The lowest BCUT2D eigenvalue weighted by atomic mass is 9.76. The first-order valence-corrected chi connectivity index (χ1v) is 4.37. The molecule has 0 aromatic heterocycles. The molecule has 11 heavy (non-hydrogen) atoms. The molecule has 0 saturated carbocycles. The summed E-state index contributed by atoms with van der Waals surface area (Å²) in [7, 11) is 0. The Bertz CT molecular complexity index is 137. The highest BCUT2D eigenvalue weighted by atomic mass is 15.2. The summed E-state index contributed by atoms with van der Waals surface area (Å²) in [5, 5.41) is 0. The molecule has 0 N–H and O–H groups in total. The number of nitrogens with zero attached hydrogens (tertiary/aromatic N) is 1. The van der Waals surface area contributed by atoms with E-state index < -0.39 is 0 Å². The quantitative estimate of drug-likeness (QED) is 0.549. The minimum atomic E-state index is 0.498. The zero-order valence-electron chi connectivity index (χ0n) is 7.93. The van der Waals surface area contributed by atoms with E-state index in [1.165, 1.54) is 13.1 Å². The van der Waals surface area contributed by atoms with Gasteiger partial charge in [0.1, 0.15) is 0 Å². The number of hydrogen-bond donors (Lipinski definition) is 0. The second-order valence-corrected chi connectivity index (χ2v) is 4.57. The predicted molar refractivity (Wildman–Crippen MR) is 49.6 cm³/mol. The maximum Gasteiger partial charge on any atom is 0.0160 e. The molecule has 1 saturated heterocycles. The molecule has 0 bridgehead atoms. The maximum atomic E-state index is 3.73. The van der Waals surface area contributed by atoms with E-state index in [0.29, 0.717) is 5.41 Å². The second-order valence-electron chi connectivity index (χ2n) is 4.57. The van der Waals surface area contributed by atoms with Crippen LogP contribution >= 0.6 is 0 Å². The Hall–Kier alpha value is -0.300. The van der Waals surface area contributed by atoms with Crippen molar-refractivity contribution in [2.24, 2.45) is 11.3 Å². The van der Waals surface area contributed by atoms with E-state index in [0.717, 1.165) is 12.5 Å². The summed E-state index contributed by atoms with van der Waals surface area (Å²) < 4.78 is 0. The topological polar surface area (TPSA) is 3.24 Å². The summed E-state index contributed by atoms with van der Waals surface area (Å²) in [6.45, 7) is 14.3. The summed E-state index contributed by atoms with van der Waals surface area (Å²) in [6.07, 6.45) is 1.98. The van der Waals surface area contributed by atoms with Crippen LogP contribution in [-0.2, 0) is 0 Å². The molecule has 0 spiro atoms. The van der Waals surface area contributed by atoms with Gasteiger partial charge in [-0.3, -0.25) is 4.90 Å². The highest BCUT2D eigenvalue weighted by molar-refractivity contribution is 4.90. The van der Waals surface area contributed by atoms with Crippen LogP contribution in [0.2, 0.25) is 0 Å². The lowest BCUT2D eigenvalue weighted by Gasteiger charge is -2.46. The fourth-order valence-electron chi connectivity index (χ4n) is 1.45. The van der Waals surface area contributed by atoms with Crippen LogP contribution in [0, 0.1) is 11.3 Å². The van der Waals surface area contributed by atoms with E-state index in [2.05, 4.69) is 32.3 Å². The largest absolute Gasteiger partial charge is 0.299 e. The van der Waals surface area contributed by atoms with Crippen LogP contribution in [0.4, 0.5) is 0 Å². The van der Waals surface area contributed by atoms with E-state index in [9.17, 15) is 0 Å². The van der Waals surface area contributed by atoms with Crippen LogP contribution < -0.4 is 0 Å². The number of likely N-dealkylation sites (tertiary alicyclic amines) is 1. The molecule has 64 valence electrons. The molecule has 1 rings (SSSR count). The van der Waals surface area contributed by atoms with Gasteiger partial charge < -0.3 is 0 Å². The van der Waals surface area contributed by atoms with Crippen molar-refractivity contribution in [1.29, 1.82) is 0 Å². The molecule has 0 radical (unpaired) electrons. The van der Waals surface area contributed by atoms with Gasteiger partial charge in [-0.25, -0.2) is 0 Å². The summed E-state index contributed by atoms with van der Waals surface area (Å²) in [6, 6.07) is 0. The Morgan fingerprint density at radius 1 is 1.45 bits per heavy atom. The fourth-order valence-corrected chi connectivity index (χ4v) is 1.45. The van der Waals surface area contributed by atoms with Crippen LogP contribution in [0.15, 0.2) is 12.7 Å². The number of rotatable bonds is 2. The maximum absolute atomic E-state index is 3.73. The van der Waals surface area contributed by atoms with E-state index in [1.54, 1.807) is 0 Å². The molecule has 1 heteroatoms. The molecule has 1 heterocycles. The third-order valence-electron chi connectivity index (χ3n) is 2.57. The molecule has 0 aliphatic carbocycles. The smallest absolute Gasteiger partial charge is 0.0160 e. The van der Waals surface area contributed by atoms with Crippen molar-refractivity contribution in [3.8, 4) is 0 Å². The third kappa shape index (κ3) is 2.06. The highest BCUT2D eigenvalue weighted by Gasteiger charge is 2.34. The van der Waals surface area contributed by atoms with E-state index in [-0.39, 0.29) is 0 Å². The average Bonchev–Trinajstić information content (AvgIpc) is 1.74. The molecule has 0 aromatic rings. The Kier molecular flexibility index (Phi) is 2.38. The molecule has 0 amide bonds. The summed E-state index contributed by atoms with van der Waals surface area (Å²) >= 11 is 0. The first-order chi connectivity index (χ1) is 5.04. The Balaban J connectivity index is 2.24. The fraction of sp³-hybridized carbons (Fsp3) is 0.800. The molecular formula is C10H19N. The third-order valence-corrected chi connectivity index (χ3v) is 2.57. The van der Waals surface area contributed by atoms with Gasteiger partial charge in [0.05, 0.1) is 0 Å². The highest BCUT2D eigenvalue weighted by Crippen LogP contribution is 2.33. The minimum absolute atomic E-state index is 0.498. The monoisotopic (exact) mass is 153 g/mol. The van der Waals surface area contributed by atoms with Gasteiger partial charge in [-0.1, -0.05) is 26.8 Å². The van der Waals surface area contributed by atoms with E-state index >= 15 is 0 Å². The number of hydrogen-bond acceptors (Lipinski definition) is 1. The molecule has 1 nitrogen and oxygen atoms in total. The van der Waals surface area contributed by atoms with Gasteiger partial charge >= 0.3 is 0 Å². The van der Waals surface area contributed by atoms with Crippen LogP contribution in [0.5, 0.6) is 0 Å². The second kappa shape index (κ2) is 2.98. The van der Waals surface area contributed by atoms with E-state index in [1.807, 2.05) is 6.08 Å². The Labute approximate surface area is 70.1 Å². The average molecular weight is 153 g/mol. The molecule has 1 aliphatic rings. The molecule has 0 unspecified atom stereocenters. The van der Waals surface area contributed by atoms with Gasteiger partial charge in [-0.05, 0) is 11.3 Å². The SMILES string of the molecule is C=CCN1CC(C(C)(C)C)C1. The van der Waals surface area contributed by atoms with Gasteiger partial charge in [0.2, 0.25) is 0 Å². The standard InChI is InChI=1S/C10H19N/c1-5-6-11-7-9(8-11)10(2,3)4/h5,9H,1,6-8H2,2-4H3. The summed E-state index contributed by atoms with van der Waals surface area (Å²) in [4.78, 5) is 2.43. The lowest BCUT2D eigenvalue weighted by Crippen LogP contribution is -2.51. The predicted octanol–water partition coefficient (Wildman–Crippen LogP) is 2.15. The van der Waals surface area contributed by atoms with Crippen molar-refractivity contribution in [2.75, 3.05) is 19.6 Å². The van der Waals surface area contributed by atoms with Gasteiger partial charge in [-0.2, -0.15) is 0 Å². The van der Waals surface area contributed by atoms with Crippen LogP contribution in [-0.4, -0.2) is 24.5 Å². The van der Waals surface area contributed by atoms with Crippen LogP contribution in [0.3, 0.4) is 0 Å². The molecule has 0 aromatic carbocycles. The molecule has 1 aliphatic heterocycles. The van der Waals surface area contributed by atoms with Crippen LogP contribution in [0.25, 0.3) is 0 Å². The zero-order chi connectivity index (χ0) is 8.48. The van der Waals surface area contributed by atoms with Crippen molar-refractivity contribution in [3.63, 3.8) is 0 Å². The first-order valence-electron chi connectivity index (χ1n) is 4.37. The normalized spacial score (nSPS) is 21.4.